The molecular weight excluding hydrogens is 346 g/mol. The number of aliphatic hydroxyl groups is 1. The Balaban J connectivity index is 1.62. The van der Waals surface area contributed by atoms with Crippen molar-refractivity contribution in [1.29, 1.82) is 0 Å². The maximum absolute atomic E-state index is 13.6. The van der Waals surface area contributed by atoms with E-state index in [2.05, 4.69) is 15.6 Å². The van der Waals surface area contributed by atoms with Crippen molar-refractivity contribution in [2.75, 3.05) is 13.6 Å². The van der Waals surface area contributed by atoms with Crippen LogP contribution in [0.4, 0.5) is 0 Å². The fourth-order valence-electron chi connectivity index (χ4n) is 4.62. The van der Waals surface area contributed by atoms with Crippen molar-refractivity contribution in [2.45, 2.75) is 75.5 Å². The SMILES string of the molecule is CNC(=O)[C@@H]1CC(O)CN1C(=O)C(C1CCCCC1)n1cc(C2CC2)nn1. The summed E-state index contributed by atoms with van der Waals surface area (Å²) in [6, 6.07) is -1.06. The van der Waals surface area contributed by atoms with Gasteiger partial charge >= 0.3 is 0 Å². The summed E-state index contributed by atoms with van der Waals surface area (Å²) in [7, 11) is 1.56. The highest BCUT2D eigenvalue weighted by Crippen LogP contribution is 2.40. The van der Waals surface area contributed by atoms with Gasteiger partial charge in [0.25, 0.3) is 0 Å². The number of likely N-dealkylation sites (tertiary alicyclic amines) is 1. The molecule has 0 radical (unpaired) electrons. The lowest BCUT2D eigenvalue weighted by atomic mass is 9.83. The number of likely N-dealkylation sites (N-methyl/N-ethyl adjacent to an activating group) is 1. The minimum atomic E-state index is -0.666. The van der Waals surface area contributed by atoms with Crippen LogP contribution in [0.25, 0.3) is 0 Å². The molecule has 8 heteroatoms. The number of β-amino-alcohol motifs (C(OH)–C–C–N with tert-alkyl or cyclic N) is 1. The van der Waals surface area contributed by atoms with Crippen molar-refractivity contribution in [3.8, 4) is 0 Å². The maximum atomic E-state index is 13.6. The Morgan fingerprint density at radius 2 is 1.96 bits per heavy atom. The molecule has 0 bridgehead atoms. The smallest absolute Gasteiger partial charge is 0.248 e. The van der Waals surface area contributed by atoms with Crippen LogP contribution in [0.3, 0.4) is 0 Å². The number of hydrogen-bond donors (Lipinski definition) is 2. The van der Waals surface area contributed by atoms with E-state index >= 15 is 0 Å². The van der Waals surface area contributed by atoms with Gasteiger partial charge in [-0.3, -0.25) is 9.59 Å². The molecule has 3 fully saturated rings. The lowest BCUT2D eigenvalue weighted by molar-refractivity contribution is -0.143. The van der Waals surface area contributed by atoms with Gasteiger partial charge in [-0.1, -0.05) is 24.5 Å². The van der Waals surface area contributed by atoms with Crippen LogP contribution in [0, 0.1) is 5.92 Å². The van der Waals surface area contributed by atoms with Crippen LogP contribution >= 0.6 is 0 Å². The molecule has 3 atom stereocenters. The van der Waals surface area contributed by atoms with Crippen LogP contribution in [0.2, 0.25) is 0 Å². The van der Waals surface area contributed by atoms with Gasteiger partial charge in [0.05, 0.1) is 11.8 Å². The number of hydrogen-bond acceptors (Lipinski definition) is 5. The highest BCUT2D eigenvalue weighted by Gasteiger charge is 2.44. The number of carbonyl (C=O) groups is 2. The number of aliphatic hydroxyl groups excluding tert-OH is 1. The van der Waals surface area contributed by atoms with Crippen molar-refractivity contribution < 1.29 is 14.7 Å². The molecule has 1 aromatic rings. The van der Waals surface area contributed by atoms with E-state index in [9.17, 15) is 14.7 Å². The highest BCUT2D eigenvalue weighted by molar-refractivity contribution is 5.90. The fourth-order valence-corrected chi connectivity index (χ4v) is 4.62. The number of aromatic nitrogens is 3. The van der Waals surface area contributed by atoms with Gasteiger partial charge in [0.15, 0.2) is 0 Å². The Hall–Kier alpha value is -1.96. The van der Waals surface area contributed by atoms with Crippen molar-refractivity contribution in [2.24, 2.45) is 5.92 Å². The molecule has 8 nitrogen and oxygen atoms in total. The van der Waals surface area contributed by atoms with E-state index in [0.29, 0.717) is 5.92 Å². The first kappa shape index (κ1) is 18.4. The predicted molar refractivity (Wildman–Crippen MR) is 97.8 cm³/mol. The average Bonchev–Trinajstić information content (AvgIpc) is 3.30. The summed E-state index contributed by atoms with van der Waals surface area (Å²) >= 11 is 0. The molecule has 3 aliphatic rings. The zero-order valence-corrected chi connectivity index (χ0v) is 15.9. The Labute approximate surface area is 159 Å². The van der Waals surface area contributed by atoms with Crippen LogP contribution in [0.1, 0.15) is 69.0 Å². The highest BCUT2D eigenvalue weighted by atomic mass is 16.3. The molecule has 1 saturated heterocycles. The second-order valence-corrected chi connectivity index (χ2v) is 8.25. The first-order chi connectivity index (χ1) is 13.1. The van der Waals surface area contributed by atoms with Crippen LogP contribution < -0.4 is 5.32 Å². The monoisotopic (exact) mass is 375 g/mol. The number of amides is 2. The van der Waals surface area contributed by atoms with Crippen molar-refractivity contribution >= 4 is 11.8 Å². The zero-order valence-electron chi connectivity index (χ0n) is 15.9. The van der Waals surface area contributed by atoms with Gasteiger partial charge < -0.3 is 15.3 Å². The van der Waals surface area contributed by atoms with Crippen LogP contribution in [-0.2, 0) is 9.59 Å². The number of nitrogens with zero attached hydrogens (tertiary/aromatic N) is 4. The van der Waals surface area contributed by atoms with Gasteiger partial charge in [0.2, 0.25) is 11.8 Å². The minimum absolute atomic E-state index is 0.112. The lowest BCUT2D eigenvalue weighted by Gasteiger charge is -2.33. The third-order valence-electron chi connectivity index (χ3n) is 6.27. The molecule has 2 unspecified atom stereocenters. The third-order valence-corrected chi connectivity index (χ3v) is 6.27. The minimum Gasteiger partial charge on any atom is -0.391 e. The summed E-state index contributed by atoms with van der Waals surface area (Å²) in [5.41, 5.74) is 0.966. The molecule has 27 heavy (non-hydrogen) atoms. The van der Waals surface area contributed by atoms with Gasteiger partial charge in [0, 0.05) is 32.1 Å². The zero-order chi connectivity index (χ0) is 19.0. The van der Waals surface area contributed by atoms with Crippen LogP contribution in [0.15, 0.2) is 6.20 Å². The summed E-state index contributed by atoms with van der Waals surface area (Å²) in [4.78, 5) is 27.4. The molecule has 2 amide bonds. The molecule has 1 aliphatic heterocycles. The molecule has 2 aliphatic carbocycles. The summed E-state index contributed by atoms with van der Waals surface area (Å²) in [5.74, 6) is 0.343. The van der Waals surface area contributed by atoms with Crippen LogP contribution in [-0.4, -0.2) is 62.6 Å². The molecular formula is C19H29N5O3. The molecule has 148 valence electrons. The fraction of sp³-hybridized carbons (Fsp3) is 0.789. The normalized spacial score (nSPS) is 27.6. The van der Waals surface area contributed by atoms with Gasteiger partial charge in [-0.05, 0) is 31.6 Å². The average molecular weight is 375 g/mol. The number of rotatable bonds is 5. The van der Waals surface area contributed by atoms with E-state index in [1.165, 1.54) is 6.42 Å². The van der Waals surface area contributed by atoms with Crippen LogP contribution in [0.5, 0.6) is 0 Å². The Bertz CT molecular complexity index is 695. The molecule has 0 aromatic carbocycles. The molecule has 0 spiro atoms. The van der Waals surface area contributed by atoms with Gasteiger partial charge in [-0.2, -0.15) is 0 Å². The molecule has 1 aromatic heterocycles. The first-order valence-electron chi connectivity index (χ1n) is 10.2. The number of carbonyl (C=O) groups excluding carboxylic acids is 2. The lowest BCUT2D eigenvalue weighted by Crippen LogP contribution is -2.49. The van der Waals surface area contributed by atoms with Crippen molar-refractivity contribution in [1.82, 2.24) is 25.2 Å². The van der Waals surface area contributed by atoms with Gasteiger partial charge in [-0.15, -0.1) is 5.10 Å². The molecule has 2 saturated carbocycles. The largest absolute Gasteiger partial charge is 0.391 e. The van der Waals surface area contributed by atoms with Crippen molar-refractivity contribution in [3.05, 3.63) is 11.9 Å². The predicted octanol–water partition coefficient (Wildman–Crippen LogP) is 0.985. The first-order valence-corrected chi connectivity index (χ1v) is 10.2. The topological polar surface area (TPSA) is 100 Å². The molecule has 2 N–H and O–H groups in total. The van der Waals surface area contributed by atoms with E-state index in [4.69, 9.17) is 0 Å². The maximum Gasteiger partial charge on any atom is 0.248 e. The number of nitrogens with one attached hydrogen (secondary N) is 1. The van der Waals surface area contributed by atoms with Gasteiger partial charge in [-0.25, -0.2) is 4.68 Å². The van der Waals surface area contributed by atoms with E-state index in [1.54, 1.807) is 16.6 Å². The Kier molecular flexibility index (Phi) is 5.16. The Morgan fingerprint density at radius 3 is 2.63 bits per heavy atom. The Morgan fingerprint density at radius 1 is 1.22 bits per heavy atom. The van der Waals surface area contributed by atoms with E-state index in [-0.39, 0.29) is 30.7 Å². The molecule has 2 heterocycles. The quantitative estimate of drug-likeness (QED) is 0.799. The summed E-state index contributed by atoms with van der Waals surface area (Å²) in [5, 5.41) is 21.3. The third kappa shape index (κ3) is 3.72. The second kappa shape index (κ2) is 7.58. The van der Waals surface area contributed by atoms with E-state index in [1.807, 2.05) is 6.20 Å². The van der Waals surface area contributed by atoms with Gasteiger partial charge in [0.1, 0.15) is 12.1 Å². The van der Waals surface area contributed by atoms with E-state index in [0.717, 1.165) is 44.2 Å². The summed E-state index contributed by atoms with van der Waals surface area (Å²) < 4.78 is 1.73. The van der Waals surface area contributed by atoms with E-state index < -0.39 is 18.2 Å². The van der Waals surface area contributed by atoms with Crippen molar-refractivity contribution in [3.63, 3.8) is 0 Å². The summed E-state index contributed by atoms with van der Waals surface area (Å²) in [6.07, 6.45) is 9.21. The standard InChI is InChI=1S/C19H29N5O3/c1-20-18(26)16-9-14(25)10-23(16)19(27)17(13-5-3-2-4-6-13)24-11-15(21-22-24)12-7-8-12/h11-14,16-17,25H,2-10H2,1H3,(H,20,26)/t14?,16-,17?/m0/s1. The summed E-state index contributed by atoms with van der Waals surface area (Å²) in [6.45, 7) is 0.199. The second-order valence-electron chi connectivity index (χ2n) is 8.25. The molecule has 4 rings (SSSR count).